The van der Waals surface area contributed by atoms with E-state index in [1.54, 1.807) is 13.0 Å². The van der Waals surface area contributed by atoms with E-state index >= 15 is 0 Å². The van der Waals surface area contributed by atoms with Gasteiger partial charge in [0.25, 0.3) is 0 Å². The van der Waals surface area contributed by atoms with Crippen LogP contribution in [0.3, 0.4) is 0 Å². The van der Waals surface area contributed by atoms with Gasteiger partial charge in [0, 0.05) is 18.4 Å². The SMILES string of the molecule is CCOC(=O)O[C@@H]1CC=C[C@H]1c1cc(F)cc(OC)c1. The quantitative estimate of drug-likeness (QED) is 0.626. The number of methoxy groups -OCH3 is 1. The van der Waals surface area contributed by atoms with E-state index in [-0.39, 0.29) is 24.4 Å². The summed E-state index contributed by atoms with van der Waals surface area (Å²) < 4.78 is 28.6. The molecule has 0 fully saturated rings. The summed E-state index contributed by atoms with van der Waals surface area (Å²) in [6, 6.07) is 4.47. The minimum Gasteiger partial charge on any atom is -0.497 e. The summed E-state index contributed by atoms with van der Waals surface area (Å²) in [4.78, 5) is 11.4. The Kier molecular flexibility index (Phi) is 4.61. The standard InChI is InChI=1S/C15H17FO4/c1-3-19-15(17)20-14-6-4-5-13(14)10-7-11(16)9-12(8-10)18-2/h4-5,7-9,13-14H,3,6H2,1-2H3/t13-,14+/m0/s1. The number of hydrogen-bond donors (Lipinski definition) is 0. The Labute approximate surface area is 117 Å². The minimum atomic E-state index is -0.699. The lowest BCUT2D eigenvalue weighted by Crippen LogP contribution is -2.22. The lowest BCUT2D eigenvalue weighted by molar-refractivity contribution is 0.0253. The van der Waals surface area contributed by atoms with Gasteiger partial charge < -0.3 is 14.2 Å². The fourth-order valence-electron chi connectivity index (χ4n) is 2.25. The van der Waals surface area contributed by atoms with E-state index in [0.717, 1.165) is 0 Å². The van der Waals surface area contributed by atoms with Crippen molar-refractivity contribution in [3.63, 3.8) is 0 Å². The molecule has 108 valence electrons. The van der Waals surface area contributed by atoms with Crippen molar-refractivity contribution in [2.45, 2.75) is 25.4 Å². The van der Waals surface area contributed by atoms with Crippen LogP contribution in [0.25, 0.3) is 0 Å². The molecule has 4 nitrogen and oxygen atoms in total. The van der Waals surface area contributed by atoms with E-state index in [1.807, 2.05) is 12.2 Å². The summed E-state index contributed by atoms with van der Waals surface area (Å²) in [5, 5.41) is 0. The summed E-state index contributed by atoms with van der Waals surface area (Å²) in [6.07, 6.45) is 3.32. The molecule has 0 spiro atoms. The van der Waals surface area contributed by atoms with Crippen molar-refractivity contribution in [2.24, 2.45) is 0 Å². The second kappa shape index (κ2) is 6.41. The number of carbonyl (C=O) groups is 1. The molecule has 0 saturated heterocycles. The number of ether oxygens (including phenoxy) is 3. The molecule has 5 heteroatoms. The number of carbonyl (C=O) groups excluding carboxylic acids is 1. The zero-order chi connectivity index (χ0) is 14.5. The summed E-state index contributed by atoms with van der Waals surface area (Å²) in [7, 11) is 1.48. The molecule has 0 aliphatic heterocycles. The normalized spacial score (nSPS) is 20.8. The van der Waals surface area contributed by atoms with Crippen molar-refractivity contribution in [3.8, 4) is 5.75 Å². The highest BCUT2D eigenvalue weighted by molar-refractivity contribution is 5.60. The maximum absolute atomic E-state index is 13.5. The Morgan fingerprint density at radius 2 is 2.20 bits per heavy atom. The average Bonchev–Trinajstić information content (AvgIpc) is 2.86. The third-order valence-electron chi connectivity index (χ3n) is 3.14. The van der Waals surface area contributed by atoms with Gasteiger partial charge in [-0.3, -0.25) is 0 Å². The molecule has 2 atom stereocenters. The van der Waals surface area contributed by atoms with E-state index in [2.05, 4.69) is 0 Å². The van der Waals surface area contributed by atoms with Gasteiger partial charge in [-0.15, -0.1) is 0 Å². The van der Waals surface area contributed by atoms with Crippen LogP contribution in [0.4, 0.5) is 9.18 Å². The van der Waals surface area contributed by atoms with Gasteiger partial charge in [0.2, 0.25) is 0 Å². The average molecular weight is 280 g/mol. The minimum absolute atomic E-state index is 0.191. The molecule has 1 aromatic carbocycles. The monoisotopic (exact) mass is 280 g/mol. The highest BCUT2D eigenvalue weighted by atomic mass is 19.1. The largest absolute Gasteiger partial charge is 0.508 e. The van der Waals surface area contributed by atoms with Crippen LogP contribution in [0.1, 0.15) is 24.8 Å². The molecule has 0 amide bonds. The molecule has 0 radical (unpaired) electrons. The van der Waals surface area contributed by atoms with Crippen LogP contribution < -0.4 is 4.74 Å². The molecule has 0 heterocycles. The van der Waals surface area contributed by atoms with E-state index in [4.69, 9.17) is 14.2 Å². The zero-order valence-corrected chi connectivity index (χ0v) is 11.5. The van der Waals surface area contributed by atoms with E-state index in [1.165, 1.54) is 19.2 Å². The van der Waals surface area contributed by atoms with Gasteiger partial charge in [-0.05, 0) is 24.6 Å². The van der Waals surface area contributed by atoms with Crippen LogP contribution in [0.2, 0.25) is 0 Å². The summed E-state index contributed by atoms with van der Waals surface area (Å²) in [5.74, 6) is -0.131. The van der Waals surface area contributed by atoms with Gasteiger partial charge in [-0.1, -0.05) is 12.2 Å². The van der Waals surface area contributed by atoms with Gasteiger partial charge in [0.05, 0.1) is 13.7 Å². The zero-order valence-electron chi connectivity index (χ0n) is 11.5. The second-order valence-electron chi connectivity index (χ2n) is 4.45. The van der Waals surface area contributed by atoms with Crippen molar-refractivity contribution in [2.75, 3.05) is 13.7 Å². The molecule has 2 rings (SSSR count). The second-order valence-corrected chi connectivity index (χ2v) is 4.45. The Balaban J connectivity index is 2.15. The van der Waals surface area contributed by atoms with E-state index in [9.17, 15) is 9.18 Å². The molecule has 0 saturated carbocycles. The molecule has 1 aliphatic carbocycles. The van der Waals surface area contributed by atoms with E-state index in [0.29, 0.717) is 17.7 Å². The van der Waals surface area contributed by atoms with Gasteiger partial charge >= 0.3 is 6.16 Å². The summed E-state index contributed by atoms with van der Waals surface area (Å²) in [6.45, 7) is 1.97. The molecule has 0 unspecified atom stereocenters. The fourth-order valence-corrected chi connectivity index (χ4v) is 2.25. The third kappa shape index (κ3) is 3.29. The first-order chi connectivity index (χ1) is 9.63. The maximum atomic E-state index is 13.5. The molecular formula is C15H17FO4. The Morgan fingerprint density at radius 1 is 1.40 bits per heavy atom. The molecule has 1 aromatic rings. The molecule has 0 N–H and O–H groups in total. The first-order valence-corrected chi connectivity index (χ1v) is 6.48. The van der Waals surface area contributed by atoms with Gasteiger partial charge in [0.1, 0.15) is 17.7 Å². The number of rotatable bonds is 4. The van der Waals surface area contributed by atoms with Crippen LogP contribution in [0.5, 0.6) is 5.75 Å². The van der Waals surface area contributed by atoms with Crippen molar-refractivity contribution in [1.29, 1.82) is 0 Å². The van der Waals surface area contributed by atoms with Gasteiger partial charge in [0.15, 0.2) is 0 Å². The first-order valence-electron chi connectivity index (χ1n) is 6.48. The number of halogens is 1. The Morgan fingerprint density at radius 3 is 2.90 bits per heavy atom. The highest BCUT2D eigenvalue weighted by Gasteiger charge is 2.29. The maximum Gasteiger partial charge on any atom is 0.508 e. The van der Waals surface area contributed by atoms with Crippen LogP contribution in [0.15, 0.2) is 30.4 Å². The van der Waals surface area contributed by atoms with E-state index < -0.39 is 6.16 Å². The van der Waals surface area contributed by atoms with Crippen molar-refractivity contribution >= 4 is 6.16 Å². The lowest BCUT2D eigenvalue weighted by Gasteiger charge is -2.20. The molecule has 1 aliphatic rings. The third-order valence-corrected chi connectivity index (χ3v) is 3.14. The Bertz CT molecular complexity index is 513. The van der Waals surface area contributed by atoms with Crippen LogP contribution >= 0.6 is 0 Å². The summed E-state index contributed by atoms with van der Waals surface area (Å²) >= 11 is 0. The van der Waals surface area contributed by atoms with Gasteiger partial charge in [-0.25, -0.2) is 9.18 Å². The topological polar surface area (TPSA) is 44.8 Å². The predicted octanol–water partition coefficient (Wildman–Crippen LogP) is 3.42. The van der Waals surface area contributed by atoms with Crippen molar-refractivity contribution in [1.82, 2.24) is 0 Å². The smallest absolute Gasteiger partial charge is 0.497 e. The van der Waals surface area contributed by atoms with Crippen LogP contribution in [0, 0.1) is 5.82 Å². The predicted molar refractivity (Wildman–Crippen MR) is 71.3 cm³/mol. The first kappa shape index (κ1) is 14.4. The Hall–Kier alpha value is -2.04. The number of hydrogen-bond acceptors (Lipinski definition) is 4. The van der Waals surface area contributed by atoms with Crippen molar-refractivity contribution < 1.29 is 23.4 Å². The fraction of sp³-hybridized carbons (Fsp3) is 0.400. The van der Waals surface area contributed by atoms with Crippen molar-refractivity contribution in [3.05, 3.63) is 41.7 Å². The highest BCUT2D eigenvalue weighted by Crippen LogP contribution is 2.33. The van der Waals surface area contributed by atoms with Crippen LogP contribution in [-0.4, -0.2) is 26.0 Å². The molecule has 0 bridgehead atoms. The molecule has 20 heavy (non-hydrogen) atoms. The van der Waals surface area contributed by atoms with Gasteiger partial charge in [-0.2, -0.15) is 0 Å². The van der Waals surface area contributed by atoms with Crippen LogP contribution in [-0.2, 0) is 9.47 Å². The lowest BCUT2D eigenvalue weighted by atomic mass is 9.96. The molecular weight excluding hydrogens is 263 g/mol. The summed E-state index contributed by atoms with van der Waals surface area (Å²) in [5.41, 5.74) is 0.713. The molecule has 0 aromatic heterocycles. The number of benzene rings is 1.